The van der Waals surface area contributed by atoms with Crippen molar-refractivity contribution in [3.63, 3.8) is 0 Å². The van der Waals surface area contributed by atoms with Crippen molar-refractivity contribution in [1.82, 2.24) is 4.98 Å². The smallest absolute Gasteiger partial charge is 0.216 e. The average Bonchev–Trinajstić information content (AvgIpc) is 3.57. The summed E-state index contributed by atoms with van der Waals surface area (Å²) in [4.78, 5) is 8.34. The number of hydrogen-bond acceptors (Lipinski definition) is 5. The van der Waals surface area contributed by atoms with Crippen molar-refractivity contribution in [3.05, 3.63) is 171 Å². The maximum atomic E-state index is 6.11. The van der Waals surface area contributed by atoms with Gasteiger partial charge in [0, 0.05) is 56.3 Å². The summed E-state index contributed by atoms with van der Waals surface area (Å²) >= 11 is 0. The van der Waals surface area contributed by atoms with Gasteiger partial charge >= 0.3 is 0 Å². The van der Waals surface area contributed by atoms with E-state index in [9.17, 15) is 0 Å². The number of anilines is 2. The van der Waals surface area contributed by atoms with Crippen molar-refractivity contribution in [2.45, 2.75) is 0 Å². The normalized spacial score (nSPS) is 12.1. The second-order valence-corrected chi connectivity index (χ2v) is 9.88. The van der Waals surface area contributed by atoms with Crippen molar-refractivity contribution in [2.75, 3.05) is 9.80 Å². The van der Waals surface area contributed by atoms with E-state index < -0.39 is 0 Å². The summed E-state index contributed by atoms with van der Waals surface area (Å²) in [5, 5.41) is 0. The Kier molecular flexibility index (Phi) is 8.86. The second kappa shape index (κ2) is 13.5. The van der Waals surface area contributed by atoms with Gasteiger partial charge in [-0.05, 0) is 58.9 Å². The SMILES string of the molecule is [Pt].[c-]1c(Oc2[c-]c(N3C=CN(c4cc(-c5ccccc5)cc(-c5ccccc5)c4)[CH-]3)ccc2)cccc1Oc1ccccn1. The zero-order valence-electron chi connectivity index (χ0n) is 23.5. The predicted octanol–water partition coefficient (Wildman–Crippen LogP) is 9.52. The van der Waals surface area contributed by atoms with Crippen LogP contribution in [0.2, 0.25) is 0 Å². The van der Waals surface area contributed by atoms with Gasteiger partial charge in [0.25, 0.3) is 0 Å². The number of ether oxygens (including phenoxy) is 2. The average molecular weight is 752 g/mol. The van der Waals surface area contributed by atoms with Crippen LogP contribution in [0.3, 0.4) is 0 Å². The Bertz CT molecular complexity index is 1810. The molecule has 6 aromatic rings. The van der Waals surface area contributed by atoms with Crippen molar-refractivity contribution in [1.29, 1.82) is 0 Å². The number of pyridine rings is 1. The largest absolute Gasteiger partial charge is 0.509 e. The molecule has 7 rings (SSSR count). The number of nitrogens with zero attached hydrogens (tertiary/aromatic N) is 3. The first-order chi connectivity index (χ1) is 21.3. The summed E-state index contributed by atoms with van der Waals surface area (Å²) in [5.74, 6) is 2.11. The first kappa shape index (κ1) is 29.0. The molecule has 0 saturated heterocycles. The van der Waals surface area contributed by atoms with Gasteiger partial charge in [0.1, 0.15) is 0 Å². The van der Waals surface area contributed by atoms with E-state index in [4.69, 9.17) is 9.47 Å². The molecule has 0 saturated carbocycles. The minimum absolute atomic E-state index is 0. The van der Waals surface area contributed by atoms with Crippen molar-refractivity contribution >= 4 is 11.4 Å². The topological polar surface area (TPSA) is 37.8 Å². The third-order valence-corrected chi connectivity index (χ3v) is 6.91. The maximum Gasteiger partial charge on any atom is 0.216 e. The predicted molar refractivity (Wildman–Crippen MR) is 171 cm³/mol. The quantitative estimate of drug-likeness (QED) is 0.145. The third kappa shape index (κ3) is 6.75. The van der Waals surface area contributed by atoms with Crippen LogP contribution in [0.25, 0.3) is 22.3 Å². The third-order valence-electron chi connectivity index (χ3n) is 6.91. The molecule has 5 nitrogen and oxygen atoms in total. The molecule has 0 fully saturated rings. The zero-order chi connectivity index (χ0) is 28.8. The van der Waals surface area contributed by atoms with Gasteiger partial charge < -0.3 is 19.3 Å². The summed E-state index contributed by atoms with van der Waals surface area (Å²) in [6.45, 7) is 2.04. The Morgan fingerprint density at radius 2 is 1.11 bits per heavy atom. The van der Waals surface area contributed by atoms with E-state index >= 15 is 0 Å². The van der Waals surface area contributed by atoms with Crippen LogP contribution in [-0.2, 0) is 21.1 Å². The molecule has 6 heteroatoms. The molecule has 0 unspecified atom stereocenters. The first-order valence-corrected chi connectivity index (χ1v) is 13.9. The van der Waals surface area contributed by atoms with Crippen molar-refractivity contribution in [2.24, 2.45) is 0 Å². The summed E-state index contributed by atoms with van der Waals surface area (Å²) in [7, 11) is 0. The van der Waals surface area contributed by atoms with Crippen LogP contribution >= 0.6 is 0 Å². The molecule has 1 aliphatic rings. The Balaban J connectivity index is 0.00000343. The first-order valence-electron chi connectivity index (χ1n) is 13.9. The van der Waals surface area contributed by atoms with Crippen LogP contribution in [0.4, 0.5) is 11.4 Å². The molecule has 0 amide bonds. The van der Waals surface area contributed by atoms with Crippen LogP contribution in [-0.4, -0.2) is 4.98 Å². The van der Waals surface area contributed by atoms with Crippen LogP contribution in [0.15, 0.2) is 152 Å². The van der Waals surface area contributed by atoms with Gasteiger partial charge in [-0.2, -0.15) is 12.1 Å². The van der Waals surface area contributed by atoms with Crippen molar-refractivity contribution in [3.8, 4) is 45.4 Å². The van der Waals surface area contributed by atoms with Gasteiger partial charge in [-0.3, -0.25) is 0 Å². The fourth-order valence-corrected chi connectivity index (χ4v) is 4.84. The molecule has 44 heavy (non-hydrogen) atoms. The number of rotatable bonds is 8. The molecule has 1 aliphatic heterocycles. The molecule has 0 spiro atoms. The summed E-state index contributed by atoms with van der Waals surface area (Å²) in [5.41, 5.74) is 6.57. The van der Waals surface area contributed by atoms with E-state index in [1.807, 2.05) is 84.6 Å². The van der Waals surface area contributed by atoms with E-state index in [1.165, 1.54) is 11.1 Å². The Morgan fingerprint density at radius 3 is 1.77 bits per heavy atom. The van der Waals surface area contributed by atoms with E-state index in [-0.39, 0.29) is 21.1 Å². The van der Waals surface area contributed by atoms with Gasteiger partial charge in [-0.25, -0.2) is 4.98 Å². The van der Waals surface area contributed by atoms with E-state index in [1.54, 1.807) is 12.3 Å². The maximum absolute atomic E-state index is 6.11. The van der Waals surface area contributed by atoms with Gasteiger partial charge in [-0.1, -0.05) is 72.8 Å². The minimum atomic E-state index is 0. The van der Waals surface area contributed by atoms with Gasteiger partial charge in [0.2, 0.25) is 5.88 Å². The van der Waals surface area contributed by atoms with Crippen LogP contribution < -0.4 is 19.3 Å². The molecular weight excluding hydrogens is 726 g/mol. The van der Waals surface area contributed by atoms with Gasteiger partial charge in [0.15, 0.2) is 0 Å². The van der Waals surface area contributed by atoms with E-state index in [0.29, 0.717) is 23.1 Å². The molecule has 0 atom stereocenters. The van der Waals surface area contributed by atoms with Gasteiger partial charge in [-0.15, -0.1) is 42.7 Å². The molecule has 0 aliphatic carbocycles. The van der Waals surface area contributed by atoms with Gasteiger partial charge in [0.05, 0.1) is 0 Å². The molecule has 5 aromatic carbocycles. The van der Waals surface area contributed by atoms with Crippen LogP contribution in [0.5, 0.6) is 23.1 Å². The van der Waals surface area contributed by atoms with E-state index in [2.05, 4.69) is 88.7 Å². The Hall–Kier alpha value is -5.12. The molecule has 0 bridgehead atoms. The molecular formula is C38H26N3O2Pt-3. The number of benzene rings is 5. The fraction of sp³-hybridized carbons (Fsp3) is 0. The van der Waals surface area contributed by atoms with E-state index in [0.717, 1.165) is 22.5 Å². The monoisotopic (exact) mass is 751 g/mol. The van der Waals surface area contributed by atoms with Crippen LogP contribution in [0, 0.1) is 18.8 Å². The summed E-state index contributed by atoms with van der Waals surface area (Å²) < 4.78 is 11.9. The standard InChI is InChI=1S/C38H26N3O2.Pt/c1-3-11-29(12-4-1)31-23-32(30-13-5-2-6-14-30)25-34(24-31)41-22-21-40(28-41)33-15-9-16-35(26-33)42-36-17-10-18-37(27-36)43-38-19-7-8-20-39-38;/h1-25,28H;/q-3;. The second-order valence-electron chi connectivity index (χ2n) is 9.88. The fourth-order valence-electron chi connectivity index (χ4n) is 4.84. The molecule has 218 valence electrons. The molecule has 0 N–H and O–H groups in total. The molecule has 1 aromatic heterocycles. The zero-order valence-corrected chi connectivity index (χ0v) is 25.8. The summed E-state index contributed by atoms with van der Waals surface area (Å²) in [6, 6.07) is 50.9. The Morgan fingerprint density at radius 1 is 0.523 bits per heavy atom. The number of hydrogen-bond donors (Lipinski definition) is 0. The molecule has 2 heterocycles. The minimum Gasteiger partial charge on any atom is -0.509 e. The summed E-state index contributed by atoms with van der Waals surface area (Å²) in [6.07, 6.45) is 5.75. The molecule has 0 radical (unpaired) electrons. The van der Waals surface area contributed by atoms with Crippen LogP contribution in [0.1, 0.15) is 0 Å². The van der Waals surface area contributed by atoms with Crippen molar-refractivity contribution < 1.29 is 30.5 Å². The number of aromatic nitrogens is 1. The Labute approximate surface area is 271 Å².